The van der Waals surface area contributed by atoms with E-state index in [2.05, 4.69) is 22.0 Å². The van der Waals surface area contributed by atoms with E-state index < -0.39 is 10.0 Å². The molecular formula is C13H25N3O2S2. The molecule has 7 heteroatoms. The fraction of sp³-hybridized carbons (Fsp3) is 0.923. The molecule has 0 aromatic carbocycles. The zero-order chi connectivity index (χ0) is 14.6. The van der Waals surface area contributed by atoms with E-state index in [-0.39, 0.29) is 5.54 Å². The average Bonchev–Trinajstić information content (AvgIpc) is 2.75. The molecule has 5 nitrogen and oxygen atoms in total. The number of nitrogens with one attached hydrogen (secondary N) is 2. The zero-order valence-electron chi connectivity index (χ0n) is 12.3. The van der Waals surface area contributed by atoms with Crippen molar-refractivity contribution < 1.29 is 8.42 Å². The Hall–Kier alpha value is -0.270. The van der Waals surface area contributed by atoms with Crippen LogP contribution in [-0.4, -0.2) is 44.2 Å². The molecule has 2 aliphatic rings. The second-order valence-corrected chi connectivity index (χ2v) is 8.88. The van der Waals surface area contributed by atoms with Crippen molar-refractivity contribution in [2.24, 2.45) is 10.9 Å². The molecule has 0 aromatic heterocycles. The van der Waals surface area contributed by atoms with Gasteiger partial charge in [-0.3, -0.25) is 4.99 Å². The van der Waals surface area contributed by atoms with Crippen LogP contribution in [0, 0.1) is 5.92 Å². The zero-order valence-corrected chi connectivity index (χ0v) is 13.9. The van der Waals surface area contributed by atoms with Gasteiger partial charge in [0.2, 0.25) is 10.0 Å². The molecule has 0 atom stereocenters. The molecule has 2 N–H and O–H groups in total. The Morgan fingerprint density at radius 3 is 2.80 bits per heavy atom. The lowest BCUT2D eigenvalue weighted by Gasteiger charge is -2.35. The smallest absolute Gasteiger partial charge is 0.208 e. The third-order valence-corrected chi connectivity index (χ3v) is 5.97. The summed E-state index contributed by atoms with van der Waals surface area (Å²) in [5, 5.41) is 4.65. The highest BCUT2D eigenvalue weighted by Gasteiger charge is 2.39. The summed E-state index contributed by atoms with van der Waals surface area (Å²) in [6.45, 7) is 3.46. The maximum Gasteiger partial charge on any atom is 0.208 e. The van der Waals surface area contributed by atoms with Crippen LogP contribution in [0.15, 0.2) is 4.99 Å². The fourth-order valence-corrected chi connectivity index (χ4v) is 4.45. The summed E-state index contributed by atoms with van der Waals surface area (Å²) in [5.41, 5.74) is 0.279. The highest BCUT2D eigenvalue weighted by molar-refractivity contribution is 8.14. The van der Waals surface area contributed by atoms with Gasteiger partial charge in [0.25, 0.3) is 0 Å². The van der Waals surface area contributed by atoms with E-state index in [0.29, 0.717) is 13.1 Å². The number of aliphatic imine (C=N–C) groups is 1. The van der Waals surface area contributed by atoms with Gasteiger partial charge in [-0.1, -0.05) is 18.7 Å². The molecular weight excluding hydrogens is 294 g/mol. The molecule has 1 heterocycles. The van der Waals surface area contributed by atoms with E-state index in [1.54, 1.807) is 0 Å². The molecule has 2 fully saturated rings. The maximum absolute atomic E-state index is 10.9. The van der Waals surface area contributed by atoms with Crippen LogP contribution in [-0.2, 0) is 10.0 Å². The van der Waals surface area contributed by atoms with Crippen LogP contribution in [0.3, 0.4) is 0 Å². The summed E-state index contributed by atoms with van der Waals surface area (Å²) in [6, 6.07) is 0. The van der Waals surface area contributed by atoms with Gasteiger partial charge in [0.15, 0.2) is 5.17 Å². The van der Waals surface area contributed by atoms with Crippen molar-refractivity contribution in [3.8, 4) is 0 Å². The van der Waals surface area contributed by atoms with Crippen LogP contribution < -0.4 is 10.0 Å². The van der Waals surface area contributed by atoms with Gasteiger partial charge in [-0.05, 0) is 38.0 Å². The van der Waals surface area contributed by atoms with Crippen molar-refractivity contribution in [3.05, 3.63) is 0 Å². The summed E-state index contributed by atoms with van der Waals surface area (Å²) in [4.78, 5) is 4.55. The number of sulfonamides is 1. The number of thioether (sulfide) groups is 1. The topological polar surface area (TPSA) is 70.6 Å². The Labute approximate surface area is 126 Å². The van der Waals surface area contributed by atoms with Gasteiger partial charge >= 0.3 is 0 Å². The quantitative estimate of drug-likeness (QED) is 0.755. The minimum atomic E-state index is -3.07. The molecule has 1 aliphatic heterocycles. The summed E-state index contributed by atoms with van der Waals surface area (Å²) >= 11 is 1.81. The SMILES string of the molecule is CC1CCC2(CC1)CSC(=NCCCNS(C)(=O)=O)N2. The Morgan fingerprint density at radius 1 is 1.45 bits per heavy atom. The van der Waals surface area contributed by atoms with Crippen molar-refractivity contribution in [2.45, 2.75) is 44.6 Å². The highest BCUT2D eigenvalue weighted by Crippen LogP contribution is 2.38. The molecule has 0 aromatic rings. The van der Waals surface area contributed by atoms with Crippen molar-refractivity contribution in [3.63, 3.8) is 0 Å². The second-order valence-electron chi connectivity index (χ2n) is 6.08. The maximum atomic E-state index is 10.9. The number of rotatable bonds is 5. The fourth-order valence-electron chi connectivity index (χ4n) is 2.69. The lowest BCUT2D eigenvalue weighted by molar-refractivity contribution is 0.251. The Bertz CT molecular complexity index is 454. The van der Waals surface area contributed by atoms with Crippen molar-refractivity contribution in [2.75, 3.05) is 25.1 Å². The minimum absolute atomic E-state index is 0.279. The average molecular weight is 319 g/mol. The molecule has 2 rings (SSSR count). The first kappa shape index (κ1) is 16.1. The molecule has 1 saturated heterocycles. The van der Waals surface area contributed by atoms with Crippen molar-refractivity contribution in [1.29, 1.82) is 0 Å². The molecule has 0 unspecified atom stereocenters. The van der Waals surface area contributed by atoms with Gasteiger partial charge < -0.3 is 5.32 Å². The third kappa shape index (κ3) is 4.93. The molecule has 1 spiro atoms. The van der Waals surface area contributed by atoms with E-state index in [1.165, 1.54) is 31.9 Å². The minimum Gasteiger partial charge on any atom is -0.359 e. The highest BCUT2D eigenvalue weighted by atomic mass is 32.2. The van der Waals surface area contributed by atoms with Crippen LogP contribution in [0.1, 0.15) is 39.0 Å². The first-order chi connectivity index (χ1) is 9.39. The molecule has 0 radical (unpaired) electrons. The summed E-state index contributed by atoms with van der Waals surface area (Å²) < 4.78 is 24.3. The Morgan fingerprint density at radius 2 is 2.15 bits per heavy atom. The van der Waals surface area contributed by atoms with Crippen molar-refractivity contribution in [1.82, 2.24) is 10.0 Å². The normalized spacial score (nSPS) is 32.7. The van der Waals surface area contributed by atoms with Crippen LogP contribution in [0.5, 0.6) is 0 Å². The van der Waals surface area contributed by atoms with Crippen LogP contribution in [0.2, 0.25) is 0 Å². The van der Waals surface area contributed by atoms with Gasteiger partial charge in [-0.15, -0.1) is 0 Å². The molecule has 0 bridgehead atoms. The summed E-state index contributed by atoms with van der Waals surface area (Å²) in [5.74, 6) is 1.98. The third-order valence-electron chi connectivity index (χ3n) is 4.04. The second kappa shape index (κ2) is 6.66. The Balaban J connectivity index is 1.71. The van der Waals surface area contributed by atoms with Crippen LogP contribution in [0.4, 0.5) is 0 Å². The monoisotopic (exact) mass is 319 g/mol. The van der Waals surface area contributed by atoms with E-state index in [0.717, 1.165) is 23.3 Å². The molecule has 0 amide bonds. The van der Waals surface area contributed by atoms with E-state index >= 15 is 0 Å². The van der Waals surface area contributed by atoms with Gasteiger partial charge in [0.05, 0.1) is 6.26 Å². The lowest BCUT2D eigenvalue weighted by Crippen LogP contribution is -2.46. The first-order valence-corrected chi connectivity index (χ1v) is 10.2. The van der Waals surface area contributed by atoms with Crippen molar-refractivity contribution >= 4 is 27.0 Å². The summed E-state index contributed by atoms with van der Waals surface area (Å²) in [7, 11) is -3.07. The Kier molecular flexibility index (Phi) is 5.36. The molecule has 20 heavy (non-hydrogen) atoms. The van der Waals surface area contributed by atoms with E-state index in [9.17, 15) is 8.42 Å². The van der Waals surface area contributed by atoms with Gasteiger partial charge in [-0.25, -0.2) is 13.1 Å². The summed E-state index contributed by atoms with van der Waals surface area (Å²) in [6.07, 6.45) is 7.02. The first-order valence-electron chi connectivity index (χ1n) is 7.29. The molecule has 116 valence electrons. The van der Waals surface area contributed by atoms with E-state index in [4.69, 9.17) is 0 Å². The van der Waals surface area contributed by atoms with Gasteiger partial charge in [0, 0.05) is 24.4 Å². The molecule has 1 saturated carbocycles. The lowest BCUT2D eigenvalue weighted by atomic mass is 9.78. The number of hydrogen-bond donors (Lipinski definition) is 2. The standard InChI is InChI=1S/C13H25N3O2S2/c1-11-4-6-13(7-5-11)10-19-12(16-13)14-8-3-9-15-20(2,17)18/h11,15H,3-10H2,1-2H3,(H,14,16). The number of hydrogen-bond acceptors (Lipinski definition) is 4. The predicted molar refractivity (Wildman–Crippen MR) is 85.7 cm³/mol. The van der Waals surface area contributed by atoms with E-state index in [1.807, 2.05) is 11.8 Å². The predicted octanol–water partition coefficient (Wildman–Crippen LogP) is 1.57. The largest absolute Gasteiger partial charge is 0.359 e. The van der Waals surface area contributed by atoms with Gasteiger partial charge in [0.1, 0.15) is 0 Å². The number of nitrogens with zero attached hydrogens (tertiary/aromatic N) is 1. The van der Waals surface area contributed by atoms with Crippen LogP contribution in [0.25, 0.3) is 0 Å². The van der Waals surface area contributed by atoms with Gasteiger partial charge in [-0.2, -0.15) is 0 Å². The number of amidine groups is 1. The molecule has 1 aliphatic carbocycles. The van der Waals surface area contributed by atoms with Crippen LogP contribution >= 0.6 is 11.8 Å².